The molecule has 0 heterocycles. The van der Waals surface area contributed by atoms with E-state index < -0.39 is 30.2 Å². The summed E-state index contributed by atoms with van der Waals surface area (Å²) < 4.78 is 37.4. The third kappa shape index (κ3) is 4.45. The molecule has 0 radical (unpaired) electrons. The van der Waals surface area contributed by atoms with Crippen molar-refractivity contribution < 1.29 is 18.0 Å². The standard InChI is InChI=1S/C11H20F3N3O/c1-7(5-10(2,16)9(15)18)17(8-3-4-8)6-11(12,13)14/h7-8H,3-6,16H2,1-2H3,(H2,15,18). The first-order chi connectivity index (χ1) is 8.03. The first-order valence-electron chi connectivity index (χ1n) is 5.94. The van der Waals surface area contributed by atoms with Crippen molar-refractivity contribution in [1.82, 2.24) is 4.90 Å². The average molecular weight is 267 g/mol. The van der Waals surface area contributed by atoms with Crippen molar-refractivity contribution in [2.75, 3.05) is 6.54 Å². The third-order valence-corrected chi connectivity index (χ3v) is 3.23. The Morgan fingerprint density at radius 1 is 1.44 bits per heavy atom. The molecule has 2 unspecified atom stereocenters. The van der Waals surface area contributed by atoms with Crippen LogP contribution in [-0.2, 0) is 4.79 Å². The summed E-state index contributed by atoms with van der Waals surface area (Å²) in [6.07, 6.45) is -2.60. The summed E-state index contributed by atoms with van der Waals surface area (Å²) in [5.41, 5.74) is 9.55. The zero-order valence-electron chi connectivity index (χ0n) is 10.6. The maximum absolute atomic E-state index is 12.5. The maximum Gasteiger partial charge on any atom is 0.401 e. The molecule has 0 saturated heterocycles. The van der Waals surface area contributed by atoms with Crippen molar-refractivity contribution in [1.29, 1.82) is 0 Å². The summed E-state index contributed by atoms with van der Waals surface area (Å²) in [6.45, 7) is 2.14. The van der Waals surface area contributed by atoms with Gasteiger partial charge < -0.3 is 11.5 Å². The minimum atomic E-state index is -4.24. The van der Waals surface area contributed by atoms with Gasteiger partial charge in [0.25, 0.3) is 0 Å². The maximum atomic E-state index is 12.5. The van der Waals surface area contributed by atoms with Crippen molar-refractivity contribution in [3.8, 4) is 0 Å². The fraction of sp³-hybridized carbons (Fsp3) is 0.909. The van der Waals surface area contributed by atoms with Crippen LogP contribution in [0.15, 0.2) is 0 Å². The summed E-state index contributed by atoms with van der Waals surface area (Å²) >= 11 is 0. The molecule has 18 heavy (non-hydrogen) atoms. The van der Waals surface area contributed by atoms with Gasteiger partial charge in [0.2, 0.25) is 5.91 Å². The fourth-order valence-electron chi connectivity index (χ4n) is 2.09. The van der Waals surface area contributed by atoms with Crippen LogP contribution >= 0.6 is 0 Å². The van der Waals surface area contributed by atoms with Crippen molar-refractivity contribution in [3.05, 3.63) is 0 Å². The first-order valence-corrected chi connectivity index (χ1v) is 5.94. The zero-order chi connectivity index (χ0) is 14.1. The van der Waals surface area contributed by atoms with Crippen LogP contribution in [0.5, 0.6) is 0 Å². The average Bonchev–Trinajstić information content (AvgIpc) is 2.94. The van der Waals surface area contributed by atoms with Crippen molar-refractivity contribution in [3.63, 3.8) is 0 Å². The predicted molar refractivity (Wildman–Crippen MR) is 61.6 cm³/mol. The minimum Gasteiger partial charge on any atom is -0.368 e. The zero-order valence-corrected chi connectivity index (χ0v) is 10.6. The summed E-state index contributed by atoms with van der Waals surface area (Å²) in [6, 6.07) is -0.480. The van der Waals surface area contributed by atoms with E-state index in [1.165, 1.54) is 11.8 Å². The molecule has 4 nitrogen and oxygen atoms in total. The number of nitrogens with zero attached hydrogens (tertiary/aromatic N) is 1. The highest BCUT2D eigenvalue weighted by Crippen LogP contribution is 2.33. The molecule has 1 aliphatic rings. The van der Waals surface area contributed by atoms with Gasteiger partial charge in [0.15, 0.2) is 0 Å². The summed E-state index contributed by atoms with van der Waals surface area (Å²) in [5, 5.41) is 0. The van der Waals surface area contributed by atoms with E-state index in [2.05, 4.69) is 0 Å². The Morgan fingerprint density at radius 2 is 1.94 bits per heavy atom. The Morgan fingerprint density at radius 3 is 2.28 bits per heavy atom. The molecule has 1 fully saturated rings. The van der Waals surface area contributed by atoms with Crippen LogP contribution in [0, 0.1) is 0 Å². The molecule has 106 valence electrons. The number of carbonyl (C=O) groups is 1. The lowest BCUT2D eigenvalue weighted by Crippen LogP contribution is -2.54. The number of halogens is 3. The van der Waals surface area contributed by atoms with Gasteiger partial charge in [-0.15, -0.1) is 0 Å². The van der Waals surface area contributed by atoms with E-state index in [9.17, 15) is 18.0 Å². The van der Waals surface area contributed by atoms with Crippen LogP contribution in [-0.4, -0.2) is 41.2 Å². The normalized spacial score (nSPS) is 21.7. The second-order valence-corrected chi connectivity index (χ2v) is 5.35. The summed E-state index contributed by atoms with van der Waals surface area (Å²) in [5.74, 6) is -0.697. The van der Waals surface area contributed by atoms with Gasteiger partial charge in [-0.25, -0.2) is 0 Å². The summed E-state index contributed by atoms with van der Waals surface area (Å²) in [4.78, 5) is 12.5. The number of alkyl halides is 3. The Balaban J connectivity index is 2.66. The second kappa shape index (κ2) is 5.05. The molecule has 0 aromatic heterocycles. The van der Waals surface area contributed by atoms with Crippen LogP contribution < -0.4 is 11.5 Å². The molecule has 0 spiro atoms. The lowest BCUT2D eigenvalue weighted by molar-refractivity contribution is -0.152. The Hall–Kier alpha value is -0.820. The van der Waals surface area contributed by atoms with Crippen LogP contribution in [0.25, 0.3) is 0 Å². The van der Waals surface area contributed by atoms with E-state index in [1.807, 2.05) is 0 Å². The summed E-state index contributed by atoms with van der Waals surface area (Å²) in [7, 11) is 0. The quantitative estimate of drug-likeness (QED) is 0.754. The van der Waals surface area contributed by atoms with E-state index in [4.69, 9.17) is 11.5 Å². The smallest absolute Gasteiger partial charge is 0.368 e. The van der Waals surface area contributed by atoms with Crippen LogP contribution in [0.2, 0.25) is 0 Å². The van der Waals surface area contributed by atoms with Gasteiger partial charge in [-0.05, 0) is 33.1 Å². The van der Waals surface area contributed by atoms with Gasteiger partial charge in [0, 0.05) is 12.1 Å². The number of hydrogen-bond donors (Lipinski definition) is 2. The largest absolute Gasteiger partial charge is 0.401 e. The molecule has 1 amide bonds. The van der Waals surface area contributed by atoms with E-state index in [0.717, 1.165) is 12.8 Å². The first kappa shape index (κ1) is 15.2. The molecule has 0 aliphatic heterocycles. The van der Waals surface area contributed by atoms with Gasteiger partial charge in [-0.1, -0.05) is 0 Å². The highest BCUT2D eigenvalue weighted by Gasteiger charge is 2.42. The van der Waals surface area contributed by atoms with Crippen molar-refractivity contribution in [2.24, 2.45) is 11.5 Å². The number of hydrogen-bond acceptors (Lipinski definition) is 3. The molecule has 4 N–H and O–H groups in total. The van der Waals surface area contributed by atoms with Crippen molar-refractivity contribution >= 4 is 5.91 Å². The molecular formula is C11H20F3N3O. The van der Waals surface area contributed by atoms with Gasteiger partial charge in [0.1, 0.15) is 0 Å². The minimum absolute atomic E-state index is 0.0506. The fourth-order valence-corrected chi connectivity index (χ4v) is 2.09. The molecule has 1 saturated carbocycles. The number of amides is 1. The predicted octanol–water partition coefficient (Wildman–Crippen LogP) is 0.994. The monoisotopic (exact) mass is 267 g/mol. The Kier molecular flexibility index (Phi) is 4.27. The number of primary amides is 1. The lowest BCUT2D eigenvalue weighted by Gasteiger charge is -2.34. The number of carbonyl (C=O) groups excluding carboxylic acids is 1. The van der Waals surface area contributed by atoms with Crippen molar-refractivity contribution in [2.45, 2.75) is 56.9 Å². The molecule has 0 aromatic carbocycles. The van der Waals surface area contributed by atoms with Crippen LogP contribution in [0.4, 0.5) is 13.2 Å². The Labute approximate surface area is 104 Å². The van der Waals surface area contributed by atoms with Crippen LogP contribution in [0.3, 0.4) is 0 Å². The highest BCUT2D eigenvalue weighted by atomic mass is 19.4. The lowest BCUT2D eigenvalue weighted by atomic mass is 9.93. The molecular weight excluding hydrogens is 247 g/mol. The van der Waals surface area contributed by atoms with Gasteiger partial charge in [-0.2, -0.15) is 13.2 Å². The molecule has 2 atom stereocenters. The van der Waals surface area contributed by atoms with E-state index in [-0.39, 0.29) is 12.5 Å². The molecule has 1 aliphatic carbocycles. The van der Waals surface area contributed by atoms with Gasteiger partial charge >= 0.3 is 6.18 Å². The van der Waals surface area contributed by atoms with Gasteiger partial charge in [0.05, 0.1) is 12.1 Å². The Bertz CT molecular complexity index is 313. The molecule has 1 rings (SSSR count). The number of nitrogens with two attached hydrogens (primary N) is 2. The van der Waals surface area contributed by atoms with Gasteiger partial charge in [-0.3, -0.25) is 9.69 Å². The molecule has 0 aromatic rings. The SMILES string of the molecule is CC(CC(C)(N)C(N)=O)N(CC(F)(F)F)C1CC1. The second-order valence-electron chi connectivity index (χ2n) is 5.35. The third-order valence-electron chi connectivity index (χ3n) is 3.23. The topological polar surface area (TPSA) is 72.3 Å². The molecule has 0 bridgehead atoms. The van der Waals surface area contributed by atoms with E-state index in [0.29, 0.717) is 0 Å². The highest BCUT2D eigenvalue weighted by molar-refractivity contribution is 5.83. The molecule has 7 heteroatoms. The number of rotatable bonds is 6. The van der Waals surface area contributed by atoms with E-state index >= 15 is 0 Å². The van der Waals surface area contributed by atoms with E-state index in [1.54, 1.807) is 6.92 Å². The van der Waals surface area contributed by atoms with Crippen LogP contribution in [0.1, 0.15) is 33.1 Å².